The van der Waals surface area contributed by atoms with Crippen molar-refractivity contribution in [2.75, 3.05) is 36.7 Å². The molecule has 0 radical (unpaired) electrons. The normalized spacial score (nSPS) is 11.2. The van der Waals surface area contributed by atoms with Gasteiger partial charge in [0, 0.05) is 24.4 Å². The van der Waals surface area contributed by atoms with Crippen LogP contribution in [0.15, 0.2) is 18.3 Å². The molecule has 4 N–H and O–H groups in total. The van der Waals surface area contributed by atoms with Crippen molar-refractivity contribution in [2.45, 2.75) is 20.3 Å². The minimum atomic E-state index is -3.51. The van der Waals surface area contributed by atoms with Crippen LogP contribution in [0, 0.1) is 0 Å². The van der Waals surface area contributed by atoms with E-state index in [1.165, 1.54) is 6.20 Å². The highest BCUT2D eigenvalue weighted by atomic mass is 32.2. The number of anilines is 2. The minimum absolute atomic E-state index is 0.0768. The Balaban J connectivity index is 2.53. The van der Waals surface area contributed by atoms with Gasteiger partial charge in [0.05, 0.1) is 13.2 Å². The topological polar surface area (TPSA) is 147 Å². The predicted molar refractivity (Wildman–Crippen MR) is 106 cm³/mol. The van der Waals surface area contributed by atoms with Crippen molar-refractivity contribution >= 4 is 27.4 Å². The summed E-state index contributed by atoms with van der Waals surface area (Å²) < 4.78 is 34.4. The molecule has 1 aromatic heterocycles. The van der Waals surface area contributed by atoms with Gasteiger partial charge in [0.2, 0.25) is 5.95 Å². The molecule has 1 heterocycles. The zero-order valence-electron chi connectivity index (χ0n) is 16.1. The summed E-state index contributed by atoms with van der Waals surface area (Å²) in [7, 11) is -3.51. The first kappa shape index (κ1) is 21.4. The maximum Gasteiger partial charge on any atom is 0.221 e. The molecule has 0 fully saturated rings. The molecule has 10 heteroatoms. The third-order valence-electron chi connectivity index (χ3n) is 3.71. The number of hydrogen-bond donors (Lipinski definition) is 2. The lowest BCUT2D eigenvalue weighted by Gasteiger charge is -2.17. The molecule has 28 heavy (non-hydrogen) atoms. The number of ether oxygens (including phenoxy) is 2. The predicted octanol–water partition coefficient (Wildman–Crippen LogP) is 1.26. The van der Waals surface area contributed by atoms with Crippen LogP contribution in [0.5, 0.6) is 11.5 Å². The minimum Gasteiger partial charge on any atom is -0.493 e. The largest absolute Gasteiger partial charge is 0.493 e. The first-order valence-electron chi connectivity index (χ1n) is 8.64. The molecule has 0 unspecified atom stereocenters. The Hall–Kier alpha value is -2.88. The van der Waals surface area contributed by atoms with Crippen LogP contribution in [-0.4, -0.2) is 49.4 Å². The number of carbonyl (C=O) groups excluding carboxylic acids is 1. The van der Waals surface area contributed by atoms with E-state index >= 15 is 0 Å². The Labute approximate surface area is 164 Å². The second-order valence-corrected chi connectivity index (χ2v) is 8.28. The number of aromatic nitrogens is 2. The van der Waals surface area contributed by atoms with Crippen molar-refractivity contribution in [3.63, 3.8) is 0 Å². The van der Waals surface area contributed by atoms with Crippen molar-refractivity contribution in [1.29, 1.82) is 0 Å². The standard InChI is InChI=1S/C18H24N4O5S/c1-4-26-14-7-11(6-12-9-21-18(20)22-17(12)19)8-15(27-5-2)16(14)13(23)10-28(3,24)25/h7-9H,4-6,10H2,1-3H3,(H4,19,20,21,22). The summed E-state index contributed by atoms with van der Waals surface area (Å²) in [5, 5.41) is 0. The summed E-state index contributed by atoms with van der Waals surface area (Å²) in [6.45, 7) is 4.12. The third kappa shape index (κ3) is 5.56. The zero-order valence-corrected chi connectivity index (χ0v) is 16.9. The lowest BCUT2D eigenvalue weighted by atomic mass is 10.0. The van der Waals surface area contributed by atoms with Gasteiger partial charge in [0.25, 0.3) is 0 Å². The highest BCUT2D eigenvalue weighted by Crippen LogP contribution is 2.33. The van der Waals surface area contributed by atoms with Gasteiger partial charge in [-0.05, 0) is 31.5 Å². The Kier molecular flexibility index (Phi) is 6.79. The number of benzene rings is 1. The fourth-order valence-electron chi connectivity index (χ4n) is 2.66. The number of Topliss-reactive ketones (excluding diaryl/α,β-unsaturated/α-hetero) is 1. The highest BCUT2D eigenvalue weighted by molar-refractivity contribution is 7.91. The van der Waals surface area contributed by atoms with Gasteiger partial charge in [-0.1, -0.05) is 0 Å². The van der Waals surface area contributed by atoms with Crippen LogP contribution in [0.1, 0.15) is 35.3 Å². The monoisotopic (exact) mass is 408 g/mol. The van der Waals surface area contributed by atoms with Gasteiger partial charge in [0.1, 0.15) is 28.6 Å². The first-order chi connectivity index (χ1) is 13.1. The van der Waals surface area contributed by atoms with Crippen LogP contribution in [0.2, 0.25) is 0 Å². The molecular formula is C18H24N4O5S. The molecule has 0 aliphatic carbocycles. The molecule has 152 valence electrons. The lowest BCUT2D eigenvalue weighted by molar-refractivity contribution is 0.101. The van der Waals surface area contributed by atoms with Gasteiger partial charge in [-0.25, -0.2) is 13.4 Å². The molecule has 9 nitrogen and oxygen atoms in total. The van der Waals surface area contributed by atoms with Gasteiger partial charge in [-0.15, -0.1) is 0 Å². The number of hydrogen-bond acceptors (Lipinski definition) is 9. The Morgan fingerprint density at radius 1 is 1.11 bits per heavy atom. The summed E-state index contributed by atoms with van der Waals surface area (Å²) in [6, 6.07) is 3.33. The third-order valence-corrected chi connectivity index (χ3v) is 4.50. The number of sulfone groups is 1. The van der Waals surface area contributed by atoms with E-state index in [9.17, 15) is 13.2 Å². The van der Waals surface area contributed by atoms with E-state index in [2.05, 4.69) is 9.97 Å². The molecule has 0 atom stereocenters. The van der Waals surface area contributed by atoms with Crippen LogP contribution in [-0.2, 0) is 16.3 Å². The van der Waals surface area contributed by atoms with Crippen molar-refractivity contribution in [3.8, 4) is 11.5 Å². The number of ketones is 1. The van der Waals surface area contributed by atoms with Gasteiger partial charge < -0.3 is 20.9 Å². The lowest BCUT2D eigenvalue weighted by Crippen LogP contribution is -2.17. The second-order valence-electron chi connectivity index (χ2n) is 6.14. The molecule has 0 spiro atoms. The SMILES string of the molecule is CCOc1cc(Cc2cnc(N)nc2N)cc(OCC)c1C(=O)CS(C)(=O)=O. The number of nitrogens with zero attached hydrogens (tertiary/aromatic N) is 2. The molecule has 0 saturated carbocycles. The smallest absolute Gasteiger partial charge is 0.221 e. The van der Waals surface area contributed by atoms with Gasteiger partial charge >= 0.3 is 0 Å². The van der Waals surface area contributed by atoms with Crippen molar-refractivity contribution in [2.24, 2.45) is 0 Å². The fourth-order valence-corrected chi connectivity index (χ4v) is 3.28. The quantitative estimate of drug-likeness (QED) is 0.585. The van der Waals surface area contributed by atoms with Gasteiger partial charge in [0.15, 0.2) is 15.6 Å². The molecule has 1 aromatic carbocycles. The molecule has 0 aliphatic rings. The molecular weight excluding hydrogens is 384 g/mol. The van der Waals surface area contributed by atoms with Crippen LogP contribution >= 0.6 is 0 Å². The number of nitrogen functional groups attached to an aromatic ring is 2. The maximum atomic E-state index is 12.6. The average Bonchev–Trinajstić information content (AvgIpc) is 2.56. The summed E-state index contributed by atoms with van der Waals surface area (Å²) in [5.41, 5.74) is 12.9. The first-order valence-corrected chi connectivity index (χ1v) is 10.7. The molecule has 0 aliphatic heterocycles. The van der Waals surface area contributed by atoms with E-state index in [0.717, 1.165) is 11.8 Å². The van der Waals surface area contributed by atoms with E-state index in [1.807, 2.05) is 0 Å². The van der Waals surface area contributed by atoms with Crippen LogP contribution in [0.25, 0.3) is 0 Å². The van der Waals surface area contributed by atoms with E-state index in [4.69, 9.17) is 20.9 Å². The Bertz CT molecular complexity index is 949. The average molecular weight is 408 g/mol. The molecule has 2 aromatic rings. The van der Waals surface area contributed by atoms with E-state index in [1.54, 1.807) is 26.0 Å². The summed E-state index contributed by atoms with van der Waals surface area (Å²) in [5.74, 6) is -0.380. The summed E-state index contributed by atoms with van der Waals surface area (Å²) >= 11 is 0. The maximum absolute atomic E-state index is 12.6. The summed E-state index contributed by atoms with van der Waals surface area (Å²) in [6.07, 6.45) is 2.89. The zero-order chi connectivity index (χ0) is 20.9. The highest BCUT2D eigenvalue weighted by Gasteiger charge is 2.24. The van der Waals surface area contributed by atoms with Crippen LogP contribution < -0.4 is 20.9 Å². The van der Waals surface area contributed by atoms with Crippen LogP contribution in [0.3, 0.4) is 0 Å². The summed E-state index contributed by atoms with van der Waals surface area (Å²) in [4.78, 5) is 20.5. The van der Waals surface area contributed by atoms with E-state index in [-0.39, 0.29) is 28.8 Å². The Morgan fingerprint density at radius 3 is 2.14 bits per heavy atom. The molecule has 0 bridgehead atoms. The van der Waals surface area contributed by atoms with Crippen LogP contribution in [0.4, 0.5) is 11.8 Å². The fraction of sp³-hybridized carbons (Fsp3) is 0.389. The van der Waals surface area contributed by atoms with E-state index < -0.39 is 21.4 Å². The molecule has 0 amide bonds. The van der Waals surface area contributed by atoms with Crippen molar-refractivity contribution < 1.29 is 22.7 Å². The Morgan fingerprint density at radius 2 is 1.68 bits per heavy atom. The van der Waals surface area contributed by atoms with E-state index in [0.29, 0.717) is 25.2 Å². The van der Waals surface area contributed by atoms with Gasteiger partial charge in [-0.3, -0.25) is 4.79 Å². The number of rotatable bonds is 9. The van der Waals surface area contributed by atoms with Crippen molar-refractivity contribution in [3.05, 3.63) is 35.0 Å². The molecule has 0 saturated heterocycles. The molecule has 2 rings (SSSR count). The van der Waals surface area contributed by atoms with Crippen molar-refractivity contribution in [1.82, 2.24) is 9.97 Å². The van der Waals surface area contributed by atoms with Gasteiger partial charge in [-0.2, -0.15) is 4.98 Å². The second kappa shape index (κ2) is 8.87. The number of nitrogens with two attached hydrogens (primary N) is 2. The number of carbonyl (C=O) groups is 1.